The molecule has 4 aromatic rings. The summed E-state index contributed by atoms with van der Waals surface area (Å²) in [5.74, 6) is -1.45. The molecule has 0 aliphatic rings. The van der Waals surface area contributed by atoms with Gasteiger partial charge in [-0.05, 0) is 92.7 Å². The first-order chi connectivity index (χ1) is 26.9. The largest absolute Gasteiger partial charge is 0.486 e. The number of aryl methyl sites for hydroxylation is 1. The normalized spacial score (nSPS) is 12.7. The number of ether oxygens (including phenoxy) is 2. The average Bonchev–Trinajstić information content (AvgIpc) is 3.16. The molecule has 4 aromatic carbocycles. The van der Waals surface area contributed by atoms with Gasteiger partial charge in [-0.15, -0.1) is 0 Å². The number of aliphatic carboxylic acids is 3. The summed E-state index contributed by atoms with van der Waals surface area (Å²) in [6.07, 6.45) is 0.537. The van der Waals surface area contributed by atoms with Crippen molar-refractivity contribution in [1.29, 1.82) is 0 Å². The Balaban J connectivity index is 0.000000424. The lowest BCUT2D eigenvalue weighted by Gasteiger charge is -2.23. The highest BCUT2D eigenvalue weighted by atomic mass is 35.5. The number of carbonyl (C=O) groups is 3. The molecule has 0 saturated carbocycles. The first-order valence-electron chi connectivity index (χ1n) is 18.9. The van der Waals surface area contributed by atoms with E-state index < -0.39 is 24.0 Å². The van der Waals surface area contributed by atoms with Crippen molar-refractivity contribution in [3.8, 4) is 11.5 Å². The third kappa shape index (κ3) is 21.8. The number of halogens is 1. The Morgan fingerprint density at radius 1 is 0.772 bits per heavy atom. The summed E-state index contributed by atoms with van der Waals surface area (Å²) < 4.78 is 12.3. The van der Waals surface area contributed by atoms with E-state index in [4.69, 9.17) is 47.2 Å². The van der Waals surface area contributed by atoms with Crippen LogP contribution in [0.4, 0.5) is 0 Å². The minimum atomic E-state index is -1.23. The van der Waals surface area contributed by atoms with Crippen molar-refractivity contribution in [2.75, 3.05) is 13.6 Å². The molecule has 0 saturated heterocycles. The van der Waals surface area contributed by atoms with E-state index in [9.17, 15) is 14.4 Å². The summed E-state index contributed by atoms with van der Waals surface area (Å²) >= 11 is 6.29. The van der Waals surface area contributed by atoms with E-state index in [0.29, 0.717) is 17.6 Å². The molecule has 0 bridgehead atoms. The second-order valence-corrected chi connectivity index (χ2v) is 14.8. The standard InChI is InChI=1S/C19H25NO.C18H22ClNO.C5H8O4.C3H6O3/c1-19(2,3)16-9-11-17(12-10-16)21-18(13-14-20)15-7-5-4-6-8-15;1-13-9-10-17(16(19)11-13)21-18(12-14(2)20-3)15-7-5-4-6-8-15;6-4(7)2-1-3-5(8)9;1-2(4)3(5)6/h4-12,18H,13-14,20H2,1-3H3;4-11,14,18,20H,12H2,1-3H3;1-3H2,(H,6,7)(H,8,9);2,4H,1H3,(H,5,6). The van der Waals surface area contributed by atoms with Crippen LogP contribution in [0.5, 0.6) is 11.5 Å². The van der Waals surface area contributed by atoms with Crippen LogP contribution in [0, 0.1) is 6.92 Å². The highest BCUT2D eigenvalue weighted by Crippen LogP contribution is 2.32. The van der Waals surface area contributed by atoms with Gasteiger partial charge in [0, 0.05) is 31.7 Å². The van der Waals surface area contributed by atoms with E-state index in [1.54, 1.807) is 0 Å². The van der Waals surface area contributed by atoms with Gasteiger partial charge in [-0.2, -0.15) is 0 Å². The second kappa shape index (κ2) is 26.8. The van der Waals surface area contributed by atoms with Crippen LogP contribution >= 0.6 is 11.6 Å². The highest BCUT2D eigenvalue weighted by Gasteiger charge is 2.18. The molecule has 57 heavy (non-hydrogen) atoms. The van der Waals surface area contributed by atoms with Gasteiger partial charge in [0.05, 0.1) is 5.02 Å². The van der Waals surface area contributed by atoms with Crippen molar-refractivity contribution in [1.82, 2.24) is 5.32 Å². The summed E-state index contributed by atoms with van der Waals surface area (Å²) in [6.45, 7) is 12.6. The Kier molecular flexibility index (Phi) is 23.6. The molecule has 0 radical (unpaired) electrons. The maximum Gasteiger partial charge on any atom is 0.332 e. The van der Waals surface area contributed by atoms with Crippen molar-refractivity contribution >= 4 is 29.5 Å². The van der Waals surface area contributed by atoms with Crippen molar-refractivity contribution in [3.63, 3.8) is 0 Å². The smallest absolute Gasteiger partial charge is 0.332 e. The number of hydrogen-bond acceptors (Lipinski definition) is 8. The lowest BCUT2D eigenvalue weighted by Crippen LogP contribution is -2.25. The van der Waals surface area contributed by atoms with Crippen LogP contribution in [0.2, 0.25) is 5.02 Å². The number of nitrogens with two attached hydrogens (primary N) is 1. The first-order valence-corrected chi connectivity index (χ1v) is 19.3. The van der Waals surface area contributed by atoms with Crippen LogP contribution in [0.25, 0.3) is 0 Å². The number of nitrogens with one attached hydrogen (secondary N) is 1. The lowest BCUT2D eigenvalue weighted by atomic mass is 9.87. The second-order valence-electron chi connectivity index (χ2n) is 14.4. The minimum absolute atomic E-state index is 0.0108. The number of aliphatic hydroxyl groups is 1. The van der Waals surface area contributed by atoms with Crippen LogP contribution in [-0.4, -0.2) is 64.1 Å². The van der Waals surface area contributed by atoms with Gasteiger partial charge in [-0.3, -0.25) is 9.59 Å². The van der Waals surface area contributed by atoms with Crippen LogP contribution < -0.4 is 20.5 Å². The van der Waals surface area contributed by atoms with E-state index in [1.807, 2.05) is 80.7 Å². The fourth-order valence-electron chi connectivity index (χ4n) is 4.91. The Labute approximate surface area is 342 Å². The average molecular weight is 809 g/mol. The maximum absolute atomic E-state index is 9.79. The topological polar surface area (TPSA) is 189 Å². The molecule has 312 valence electrons. The molecule has 0 aliphatic carbocycles. The molecular formula is C45H61ClN2O9. The predicted molar refractivity (Wildman–Crippen MR) is 226 cm³/mol. The maximum atomic E-state index is 9.79. The van der Waals surface area contributed by atoms with Gasteiger partial charge in [0.25, 0.3) is 0 Å². The zero-order valence-corrected chi connectivity index (χ0v) is 34.9. The van der Waals surface area contributed by atoms with E-state index >= 15 is 0 Å². The number of rotatable bonds is 16. The van der Waals surface area contributed by atoms with E-state index in [1.165, 1.54) is 18.1 Å². The monoisotopic (exact) mass is 808 g/mol. The Morgan fingerprint density at radius 2 is 1.26 bits per heavy atom. The molecule has 0 fully saturated rings. The van der Waals surface area contributed by atoms with Crippen molar-refractivity contribution in [2.24, 2.45) is 5.73 Å². The van der Waals surface area contributed by atoms with Gasteiger partial charge in [0.2, 0.25) is 0 Å². The summed E-state index contributed by atoms with van der Waals surface area (Å²) in [5.41, 5.74) is 10.7. The number of carboxylic acid groups (broad SMARTS) is 3. The Morgan fingerprint density at radius 3 is 1.67 bits per heavy atom. The van der Waals surface area contributed by atoms with Crippen molar-refractivity contribution in [3.05, 3.63) is 130 Å². The van der Waals surface area contributed by atoms with Crippen LogP contribution in [0.1, 0.15) is 101 Å². The Bertz CT molecular complexity index is 1720. The SMILES string of the molecule is CC(C)(C)c1ccc(OC(CCN)c2ccccc2)cc1.CC(O)C(=O)O.CNC(C)CC(Oc1ccc(C)cc1Cl)c1ccccc1.O=C(O)CCCC(=O)O. The molecule has 7 N–H and O–H groups in total. The lowest BCUT2D eigenvalue weighted by molar-refractivity contribution is -0.145. The molecule has 0 spiro atoms. The summed E-state index contributed by atoms with van der Waals surface area (Å²) in [5, 5.41) is 35.8. The van der Waals surface area contributed by atoms with Crippen LogP contribution in [-0.2, 0) is 19.8 Å². The minimum Gasteiger partial charge on any atom is -0.486 e. The number of hydrogen-bond donors (Lipinski definition) is 6. The summed E-state index contributed by atoms with van der Waals surface area (Å²) in [4.78, 5) is 29.0. The molecule has 12 heteroatoms. The first kappa shape index (κ1) is 50.1. The summed E-state index contributed by atoms with van der Waals surface area (Å²) in [7, 11) is 1.96. The Hall–Kier alpha value is -4.94. The van der Waals surface area contributed by atoms with Gasteiger partial charge < -0.3 is 41.0 Å². The summed E-state index contributed by atoms with van der Waals surface area (Å²) in [6, 6.07) is 35.1. The fourth-order valence-corrected chi connectivity index (χ4v) is 5.19. The molecular weight excluding hydrogens is 748 g/mol. The number of aliphatic hydroxyl groups excluding tert-OH is 1. The van der Waals surface area contributed by atoms with Crippen LogP contribution in [0.3, 0.4) is 0 Å². The van der Waals surface area contributed by atoms with E-state index in [-0.39, 0.29) is 36.9 Å². The van der Waals surface area contributed by atoms with Gasteiger partial charge in [0.1, 0.15) is 29.8 Å². The molecule has 4 rings (SSSR count). The zero-order chi connectivity index (χ0) is 43.0. The number of benzene rings is 4. The zero-order valence-electron chi connectivity index (χ0n) is 34.2. The number of carboxylic acids is 3. The van der Waals surface area contributed by atoms with Gasteiger partial charge >= 0.3 is 17.9 Å². The quantitative estimate of drug-likeness (QED) is 0.0634. The molecule has 4 atom stereocenters. The highest BCUT2D eigenvalue weighted by molar-refractivity contribution is 6.32. The third-order valence-electron chi connectivity index (χ3n) is 8.33. The van der Waals surface area contributed by atoms with Gasteiger partial charge in [-0.25, -0.2) is 4.79 Å². The molecule has 0 aliphatic heterocycles. The van der Waals surface area contributed by atoms with Gasteiger partial charge in [0.15, 0.2) is 0 Å². The van der Waals surface area contributed by atoms with Crippen molar-refractivity contribution in [2.45, 2.75) is 103 Å². The van der Waals surface area contributed by atoms with Gasteiger partial charge in [-0.1, -0.05) is 111 Å². The molecule has 4 unspecified atom stereocenters. The fraction of sp³-hybridized carbons (Fsp3) is 0.400. The van der Waals surface area contributed by atoms with E-state index in [2.05, 4.69) is 69.4 Å². The molecule has 0 amide bonds. The third-order valence-corrected chi connectivity index (χ3v) is 8.62. The van der Waals surface area contributed by atoms with Crippen LogP contribution in [0.15, 0.2) is 103 Å². The van der Waals surface area contributed by atoms with E-state index in [0.717, 1.165) is 35.5 Å². The molecule has 0 heterocycles. The molecule has 11 nitrogen and oxygen atoms in total. The predicted octanol–water partition coefficient (Wildman–Crippen LogP) is 9.00. The van der Waals surface area contributed by atoms with Crippen molar-refractivity contribution < 1.29 is 44.3 Å². The molecule has 0 aromatic heterocycles.